The molecule has 1 amide bonds. The van der Waals surface area contributed by atoms with Crippen LogP contribution in [0.2, 0.25) is 18.1 Å². The van der Waals surface area contributed by atoms with Crippen LogP contribution in [0.3, 0.4) is 0 Å². The molecule has 0 aliphatic carbocycles. The minimum absolute atomic E-state index is 0.0747. The molecule has 1 aliphatic rings. The summed E-state index contributed by atoms with van der Waals surface area (Å²) in [4.78, 5) is 16.6. The molecule has 23 heteroatoms. The molecule has 3 N–H and O–H groups in total. The van der Waals surface area contributed by atoms with Gasteiger partial charge in [-0.3, -0.25) is 0 Å². The van der Waals surface area contributed by atoms with Gasteiger partial charge >= 0.3 is 6.09 Å². The van der Waals surface area contributed by atoms with E-state index in [9.17, 15) is 9.90 Å². The highest BCUT2D eigenvalue weighted by Gasteiger charge is 2.41. The zero-order valence-corrected chi connectivity index (χ0v) is 42.4. The highest BCUT2D eigenvalue weighted by molar-refractivity contribution is 7.92. The number of amides is 1. The maximum absolute atomic E-state index is 16.0. The van der Waals surface area contributed by atoms with E-state index in [-0.39, 0.29) is 61.9 Å². The number of methoxy groups -OCH3 is 1. The van der Waals surface area contributed by atoms with E-state index >= 15 is 16.8 Å². The zero-order chi connectivity index (χ0) is 49.8. The van der Waals surface area contributed by atoms with E-state index < -0.39 is 56.9 Å². The predicted octanol–water partition coefficient (Wildman–Crippen LogP) is 7.02. The van der Waals surface area contributed by atoms with Crippen molar-refractivity contribution in [2.24, 2.45) is 5.11 Å². The molecule has 0 saturated carbocycles. The van der Waals surface area contributed by atoms with E-state index in [0.29, 0.717) is 48.5 Å². The maximum atomic E-state index is 16.0. The molecule has 2 heterocycles. The van der Waals surface area contributed by atoms with Gasteiger partial charge in [-0.2, -0.15) is 9.10 Å². The molecule has 0 spiro atoms. The summed E-state index contributed by atoms with van der Waals surface area (Å²) in [7, 11) is -10.7. The van der Waals surface area contributed by atoms with Gasteiger partial charge in [0.1, 0.15) is 15.5 Å². The molecular weight excluding hydrogens is 943 g/mol. The maximum Gasteiger partial charge on any atom is 0.404 e. The molecule has 20 nitrogen and oxygen atoms in total. The number of carboxylic acid groups (broad SMARTS) is 1. The van der Waals surface area contributed by atoms with Crippen molar-refractivity contribution in [1.82, 2.24) is 34.6 Å². The van der Waals surface area contributed by atoms with Crippen LogP contribution in [0.15, 0.2) is 112 Å². The number of rotatable bonds is 23. The van der Waals surface area contributed by atoms with Crippen molar-refractivity contribution < 1.29 is 40.6 Å². The number of nitrogens with one attached hydrogen (secondary N) is 2. The van der Waals surface area contributed by atoms with Crippen molar-refractivity contribution in [2.75, 3.05) is 51.3 Å². The number of piperidine rings is 1. The smallest absolute Gasteiger partial charge is 0.404 e. The zero-order valence-electron chi connectivity index (χ0n) is 39.7. The lowest BCUT2D eigenvalue weighted by Gasteiger charge is -2.39. The summed E-state index contributed by atoms with van der Waals surface area (Å²) >= 11 is 0. The highest BCUT2D eigenvalue weighted by Crippen LogP contribution is 2.42. The number of anilines is 1. The quantitative estimate of drug-likeness (QED) is 0.0196. The van der Waals surface area contributed by atoms with E-state index in [4.69, 9.17) is 24.5 Å². The largest absolute Gasteiger partial charge is 0.497 e. The molecule has 5 aromatic rings. The number of benzene rings is 4. The molecule has 1 atom stereocenters. The van der Waals surface area contributed by atoms with Crippen LogP contribution in [-0.2, 0) is 48.8 Å². The number of ether oxygens (including phenoxy) is 2. The average Bonchev–Trinajstić information content (AvgIpc) is 3.79. The number of tetrazole rings is 1. The standard InChI is InChI=1S/C46H61N11O9S2Si/c1-46(2,3)69(5,6)66-39(29-48-45(58)59)30-50-67(60,61)41-22-21-40(55-26-23-38(24-27-55)65-28-25-49-53-47)42(44-51-54-57(52-44)33-36-17-19-37(64-4)20-18-36)43(41)68(62,63)56(31-34-13-9-7-10-14-34)32-35-15-11-8-12-16-35/h7-22,38-39,48,50H,23-33H2,1-6H3,(H,58,59). The van der Waals surface area contributed by atoms with Gasteiger partial charge in [0.25, 0.3) is 0 Å². The van der Waals surface area contributed by atoms with E-state index in [1.807, 2.05) is 63.0 Å². The Kier molecular flexibility index (Phi) is 17.6. The number of nitrogens with zero attached hydrogens (tertiary/aromatic N) is 9. The molecule has 0 radical (unpaired) electrons. The number of aromatic nitrogens is 4. The molecule has 1 fully saturated rings. The molecule has 1 aromatic heterocycles. The summed E-state index contributed by atoms with van der Waals surface area (Å²) in [5.41, 5.74) is 11.1. The van der Waals surface area contributed by atoms with Crippen molar-refractivity contribution in [2.45, 2.75) is 93.4 Å². The van der Waals surface area contributed by atoms with Crippen LogP contribution < -0.4 is 19.7 Å². The monoisotopic (exact) mass is 1000 g/mol. The van der Waals surface area contributed by atoms with Gasteiger partial charge in [-0.05, 0) is 82.7 Å². The number of sulfonamides is 2. The second-order valence-electron chi connectivity index (χ2n) is 18.1. The Morgan fingerprint density at radius 1 is 0.928 bits per heavy atom. The SMILES string of the molecule is COc1ccc(Cn2nnc(-c3c(N4CCC(OCCN=[N+]=[N-])CC4)ccc(S(=O)(=O)NCC(CNC(=O)O)O[Si](C)(C)C(C)(C)C)c3S(=O)(=O)N(Cc3ccccc3)Cc3ccccc3)n2)cc1. The first kappa shape index (κ1) is 52.5. The Morgan fingerprint density at radius 3 is 2.12 bits per heavy atom. The fraction of sp³-hybridized carbons (Fsp3) is 0.435. The fourth-order valence-corrected chi connectivity index (χ4v) is 12.4. The lowest BCUT2D eigenvalue weighted by atomic mass is 10.0. The van der Waals surface area contributed by atoms with E-state index in [0.717, 1.165) is 5.56 Å². The van der Waals surface area contributed by atoms with Crippen LogP contribution >= 0.6 is 0 Å². The van der Waals surface area contributed by atoms with Gasteiger partial charge in [0.2, 0.25) is 25.9 Å². The fourth-order valence-electron chi connectivity index (χ4n) is 7.53. The second-order valence-corrected chi connectivity index (χ2v) is 26.4. The third-order valence-electron chi connectivity index (χ3n) is 12.2. The number of hydrogen-bond acceptors (Lipinski definition) is 13. The third kappa shape index (κ3) is 13.9. The van der Waals surface area contributed by atoms with Gasteiger partial charge in [0.15, 0.2) is 8.32 Å². The first-order chi connectivity index (χ1) is 32.8. The summed E-state index contributed by atoms with van der Waals surface area (Å²) in [5, 5.41) is 28.7. The Balaban J connectivity index is 1.54. The molecule has 0 bridgehead atoms. The van der Waals surface area contributed by atoms with E-state index in [1.54, 1.807) is 73.8 Å². The normalized spacial score (nSPS) is 14.3. The Hall–Kier alpha value is -5.91. The summed E-state index contributed by atoms with van der Waals surface area (Å²) in [6.45, 7) is 10.3. The van der Waals surface area contributed by atoms with Crippen molar-refractivity contribution in [3.63, 3.8) is 0 Å². The van der Waals surface area contributed by atoms with Gasteiger partial charge < -0.3 is 29.2 Å². The highest BCUT2D eigenvalue weighted by atomic mass is 32.2. The van der Waals surface area contributed by atoms with Gasteiger partial charge in [-0.1, -0.05) is 98.7 Å². The van der Waals surface area contributed by atoms with Crippen LogP contribution in [0.5, 0.6) is 5.75 Å². The average molecular weight is 1000 g/mol. The van der Waals surface area contributed by atoms with Crippen molar-refractivity contribution in [1.29, 1.82) is 0 Å². The first-order valence-electron chi connectivity index (χ1n) is 22.5. The molecule has 4 aromatic carbocycles. The van der Waals surface area contributed by atoms with Crippen molar-refractivity contribution in [3.05, 3.63) is 124 Å². The second kappa shape index (κ2) is 23.1. The number of hydrogen-bond donors (Lipinski definition) is 3. The van der Waals surface area contributed by atoms with Crippen molar-refractivity contribution in [3.8, 4) is 17.1 Å². The lowest BCUT2D eigenvalue weighted by Crippen LogP contribution is -2.50. The van der Waals surface area contributed by atoms with Gasteiger partial charge in [-0.25, -0.2) is 26.4 Å². The molecule has 1 saturated heterocycles. The summed E-state index contributed by atoms with van der Waals surface area (Å²) in [6, 6.07) is 28.1. The van der Waals surface area contributed by atoms with E-state index in [2.05, 4.69) is 30.4 Å². The molecule has 69 heavy (non-hydrogen) atoms. The molecule has 1 aliphatic heterocycles. The minimum Gasteiger partial charge on any atom is -0.497 e. The third-order valence-corrected chi connectivity index (χ3v) is 20.2. The van der Waals surface area contributed by atoms with Crippen LogP contribution in [0.25, 0.3) is 21.8 Å². The Labute approximate surface area is 404 Å². The topological polar surface area (TPSA) is 256 Å². The van der Waals surface area contributed by atoms with E-state index in [1.165, 1.54) is 15.2 Å². The first-order valence-corrected chi connectivity index (χ1v) is 28.3. The molecule has 1 unspecified atom stereocenters. The molecule has 6 rings (SSSR count). The summed E-state index contributed by atoms with van der Waals surface area (Å²) < 4.78 is 83.9. The minimum atomic E-state index is -4.87. The van der Waals surface area contributed by atoms with Crippen LogP contribution in [0.4, 0.5) is 10.5 Å². The number of carbonyl (C=O) groups is 1. The Morgan fingerprint density at radius 2 is 1.55 bits per heavy atom. The van der Waals surface area contributed by atoms with Crippen LogP contribution in [0.1, 0.15) is 50.3 Å². The van der Waals surface area contributed by atoms with Gasteiger partial charge in [0.05, 0.1) is 38.0 Å². The van der Waals surface area contributed by atoms with Crippen molar-refractivity contribution >= 4 is 40.1 Å². The van der Waals surface area contributed by atoms with Crippen LogP contribution in [0, 0.1) is 0 Å². The lowest BCUT2D eigenvalue weighted by molar-refractivity contribution is 0.0422. The van der Waals surface area contributed by atoms with Crippen LogP contribution in [-0.4, -0.2) is 120 Å². The molecule has 370 valence electrons. The molecular formula is C46H61N11O9S2Si. The predicted molar refractivity (Wildman–Crippen MR) is 263 cm³/mol. The summed E-state index contributed by atoms with van der Waals surface area (Å²) in [5.74, 6) is 0.513. The van der Waals surface area contributed by atoms with Gasteiger partial charge in [0, 0.05) is 56.4 Å². The Bertz CT molecular complexity index is 2720. The van der Waals surface area contributed by atoms with Gasteiger partial charge in [-0.15, -0.1) is 10.2 Å². The number of azide groups is 1. The summed E-state index contributed by atoms with van der Waals surface area (Å²) in [6.07, 6.45) is -1.42.